The molecule has 0 saturated heterocycles. The van der Waals surface area contributed by atoms with Crippen LogP contribution in [0.1, 0.15) is 11.6 Å². The van der Waals surface area contributed by atoms with E-state index in [2.05, 4.69) is 30.3 Å². The van der Waals surface area contributed by atoms with Crippen molar-refractivity contribution in [3.05, 3.63) is 40.9 Å². The first-order valence-corrected chi connectivity index (χ1v) is 8.71. The van der Waals surface area contributed by atoms with E-state index in [1.54, 1.807) is 0 Å². The van der Waals surface area contributed by atoms with Gasteiger partial charge in [-0.15, -0.1) is 0 Å². The van der Waals surface area contributed by atoms with Gasteiger partial charge in [0, 0.05) is 30.2 Å². The Labute approximate surface area is 135 Å². The number of aryl methyl sites for hydroxylation is 1. The lowest BCUT2D eigenvalue weighted by molar-refractivity contribution is 0.408. The van der Waals surface area contributed by atoms with Crippen molar-refractivity contribution in [2.45, 2.75) is 12.8 Å². The van der Waals surface area contributed by atoms with Crippen LogP contribution in [0.2, 0.25) is 5.02 Å². The van der Waals surface area contributed by atoms with E-state index in [0.29, 0.717) is 5.02 Å². The second-order valence-corrected chi connectivity index (χ2v) is 6.55. The largest absolute Gasteiger partial charge is 0.309 e. The van der Waals surface area contributed by atoms with Crippen LogP contribution in [0.25, 0.3) is 5.69 Å². The van der Waals surface area contributed by atoms with Crippen LogP contribution in [-0.4, -0.2) is 52.3 Å². The third-order valence-electron chi connectivity index (χ3n) is 3.08. The first-order chi connectivity index (χ1) is 10.1. The Morgan fingerprint density at radius 1 is 1.29 bits per heavy atom. The summed E-state index contributed by atoms with van der Waals surface area (Å²) >= 11 is 7.90. The number of benzene rings is 1. The summed E-state index contributed by atoms with van der Waals surface area (Å²) in [5, 5.41) is 5.37. The SMILES string of the molecule is CSCCc1nc(CCN(C)C)n(-c2cccc(Cl)c2)n1. The molecule has 0 spiro atoms. The van der Waals surface area contributed by atoms with E-state index < -0.39 is 0 Å². The van der Waals surface area contributed by atoms with Gasteiger partial charge in [0.15, 0.2) is 5.82 Å². The summed E-state index contributed by atoms with van der Waals surface area (Å²) < 4.78 is 1.92. The maximum Gasteiger partial charge on any atom is 0.152 e. The zero-order valence-corrected chi connectivity index (χ0v) is 14.3. The lowest BCUT2D eigenvalue weighted by Crippen LogP contribution is -2.17. The molecule has 0 bridgehead atoms. The molecular formula is C15H21ClN4S. The average Bonchev–Trinajstić information content (AvgIpc) is 2.86. The molecule has 0 N–H and O–H groups in total. The molecule has 4 nitrogen and oxygen atoms in total. The third kappa shape index (κ3) is 4.73. The van der Waals surface area contributed by atoms with Crippen molar-refractivity contribution in [2.75, 3.05) is 32.6 Å². The van der Waals surface area contributed by atoms with Crippen molar-refractivity contribution in [3.8, 4) is 5.69 Å². The van der Waals surface area contributed by atoms with E-state index >= 15 is 0 Å². The van der Waals surface area contributed by atoms with Gasteiger partial charge in [-0.05, 0) is 38.6 Å². The van der Waals surface area contributed by atoms with Gasteiger partial charge in [0.1, 0.15) is 5.82 Å². The van der Waals surface area contributed by atoms with Crippen LogP contribution in [0.15, 0.2) is 24.3 Å². The summed E-state index contributed by atoms with van der Waals surface area (Å²) in [6.45, 7) is 0.946. The highest BCUT2D eigenvalue weighted by atomic mass is 35.5. The third-order valence-corrected chi connectivity index (χ3v) is 3.93. The summed E-state index contributed by atoms with van der Waals surface area (Å²) in [5.74, 6) is 2.92. The van der Waals surface area contributed by atoms with Crippen molar-refractivity contribution in [3.63, 3.8) is 0 Å². The molecule has 1 aromatic heterocycles. The zero-order valence-electron chi connectivity index (χ0n) is 12.7. The van der Waals surface area contributed by atoms with Crippen LogP contribution in [-0.2, 0) is 12.8 Å². The quantitative estimate of drug-likeness (QED) is 0.784. The number of hydrogen-bond acceptors (Lipinski definition) is 4. The van der Waals surface area contributed by atoms with Crippen LogP contribution >= 0.6 is 23.4 Å². The Morgan fingerprint density at radius 3 is 2.76 bits per heavy atom. The predicted molar refractivity (Wildman–Crippen MR) is 90.7 cm³/mol. The Morgan fingerprint density at radius 2 is 2.10 bits per heavy atom. The monoisotopic (exact) mass is 324 g/mol. The van der Waals surface area contributed by atoms with E-state index in [1.165, 1.54) is 0 Å². The lowest BCUT2D eigenvalue weighted by Gasteiger charge is -2.10. The predicted octanol–water partition coefficient (Wildman–Crippen LogP) is 2.93. The molecule has 0 radical (unpaired) electrons. The van der Waals surface area contributed by atoms with Gasteiger partial charge < -0.3 is 4.90 Å². The molecule has 0 atom stereocenters. The Kier molecular flexibility index (Phi) is 6.08. The molecule has 0 saturated carbocycles. The molecule has 21 heavy (non-hydrogen) atoms. The molecule has 2 rings (SSSR count). The van der Waals surface area contributed by atoms with Crippen molar-refractivity contribution < 1.29 is 0 Å². The molecule has 1 heterocycles. The molecule has 2 aromatic rings. The van der Waals surface area contributed by atoms with Crippen LogP contribution in [0.4, 0.5) is 0 Å². The van der Waals surface area contributed by atoms with Gasteiger partial charge in [0.25, 0.3) is 0 Å². The number of nitrogens with zero attached hydrogens (tertiary/aromatic N) is 4. The van der Waals surface area contributed by atoms with Crippen LogP contribution in [0, 0.1) is 0 Å². The molecule has 0 aliphatic heterocycles. The van der Waals surface area contributed by atoms with Gasteiger partial charge in [-0.25, -0.2) is 9.67 Å². The number of hydrogen-bond donors (Lipinski definition) is 0. The van der Waals surface area contributed by atoms with Crippen LogP contribution in [0.3, 0.4) is 0 Å². The zero-order chi connectivity index (χ0) is 15.2. The fraction of sp³-hybridized carbons (Fsp3) is 0.467. The fourth-order valence-electron chi connectivity index (χ4n) is 1.99. The second-order valence-electron chi connectivity index (χ2n) is 5.13. The smallest absolute Gasteiger partial charge is 0.152 e. The molecule has 114 valence electrons. The fourth-order valence-corrected chi connectivity index (χ4v) is 2.56. The number of aromatic nitrogens is 3. The van der Waals surface area contributed by atoms with Crippen LogP contribution < -0.4 is 0 Å². The van der Waals surface area contributed by atoms with E-state index in [-0.39, 0.29) is 0 Å². The highest BCUT2D eigenvalue weighted by Crippen LogP contribution is 2.16. The van der Waals surface area contributed by atoms with Crippen LogP contribution in [0.5, 0.6) is 0 Å². The lowest BCUT2D eigenvalue weighted by atomic mass is 10.3. The summed E-state index contributed by atoms with van der Waals surface area (Å²) in [6.07, 6.45) is 3.86. The maximum absolute atomic E-state index is 6.09. The van der Waals surface area contributed by atoms with E-state index in [1.807, 2.05) is 40.7 Å². The van der Waals surface area contributed by atoms with Gasteiger partial charge >= 0.3 is 0 Å². The number of thioether (sulfide) groups is 1. The van der Waals surface area contributed by atoms with Crippen molar-refractivity contribution in [1.29, 1.82) is 0 Å². The molecule has 0 fully saturated rings. The highest BCUT2D eigenvalue weighted by molar-refractivity contribution is 7.98. The van der Waals surface area contributed by atoms with Crippen molar-refractivity contribution in [1.82, 2.24) is 19.7 Å². The first kappa shape index (κ1) is 16.3. The van der Waals surface area contributed by atoms with Gasteiger partial charge in [-0.2, -0.15) is 16.9 Å². The number of rotatable bonds is 7. The maximum atomic E-state index is 6.09. The minimum absolute atomic E-state index is 0.715. The second kappa shape index (κ2) is 7.82. The molecular weight excluding hydrogens is 304 g/mol. The number of halogens is 1. The first-order valence-electron chi connectivity index (χ1n) is 6.94. The molecule has 6 heteroatoms. The summed E-state index contributed by atoms with van der Waals surface area (Å²) in [7, 11) is 4.13. The average molecular weight is 325 g/mol. The minimum atomic E-state index is 0.715. The Hall–Kier alpha value is -1.04. The Balaban J connectivity index is 2.29. The van der Waals surface area contributed by atoms with Gasteiger partial charge in [0.05, 0.1) is 5.69 Å². The normalized spacial score (nSPS) is 11.3. The summed E-state index contributed by atoms with van der Waals surface area (Å²) in [6, 6.07) is 7.75. The van der Waals surface area contributed by atoms with Crippen molar-refractivity contribution >= 4 is 23.4 Å². The van der Waals surface area contributed by atoms with E-state index in [4.69, 9.17) is 16.6 Å². The topological polar surface area (TPSA) is 34.0 Å². The van der Waals surface area contributed by atoms with Crippen molar-refractivity contribution in [2.24, 2.45) is 0 Å². The molecule has 1 aromatic carbocycles. The van der Waals surface area contributed by atoms with E-state index in [0.717, 1.165) is 42.5 Å². The standard InChI is InChI=1S/C15H21ClN4S/c1-19(2)9-7-15-17-14(8-10-21-3)18-20(15)13-6-4-5-12(16)11-13/h4-6,11H,7-10H2,1-3H3. The number of likely N-dealkylation sites (N-methyl/N-ethyl adjacent to an activating group) is 1. The molecule has 0 aliphatic rings. The highest BCUT2D eigenvalue weighted by Gasteiger charge is 2.12. The summed E-state index contributed by atoms with van der Waals surface area (Å²) in [4.78, 5) is 6.85. The van der Waals surface area contributed by atoms with E-state index in [9.17, 15) is 0 Å². The Bertz CT molecular complexity index is 583. The van der Waals surface area contributed by atoms with Gasteiger partial charge in [-0.3, -0.25) is 0 Å². The molecule has 0 amide bonds. The minimum Gasteiger partial charge on any atom is -0.309 e. The van der Waals surface area contributed by atoms with Gasteiger partial charge in [0.2, 0.25) is 0 Å². The van der Waals surface area contributed by atoms with Gasteiger partial charge in [-0.1, -0.05) is 17.7 Å². The summed E-state index contributed by atoms with van der Waals surface area (Å²) in [5.41, 5.74) is 0.971. The molecule has 0 aliphatic carbocycles. The molecule has 0 unspecified atom stereocenters.